The smallest absolute Gasteiger partial charge is 0.275 e. The van der Waals surface area contributed by atoms with E-state index in [1.807, 2.05) is 0 Å². The van der Waals surface area contributed by atoms with E-state index < -0.39 is 23.8 Å². The van der Waals surface area contributed by atoms with E-state index in [4.69, 9.17) is 10.3 Å². The monoisotopic (exact) mass is 319 g/mol. The molecule has 8 nitrogen and oxygen atoms in total. The molecular formula is C15H17N3O5. The molecule has 0 aliphatic rings. The minimum atomic E-state index is -1.51. The van der Waals surface area contributed by atoms with E-state index >= 15 is 0 Å². The maximum atomic E-state index is 12.4. The van der Waals surface area contributed by atoms with Gasteiger partial charge in [0.1, 0.15) is 6.61 Å². The van der Waals surface area contributed by atoms with Gasteiger partial charge in [-0.3, -0.25) is 19.6 Å². The van der Waals surface area contributed by atoms with Crippen LogP contribution < -0.4 is 10.8 Å². The number of hydroxylamine groups is 1. The summed E-state index contributed by atoms with van der Waals surface area (Å²) < 4.78 is 0. The molecule has 0 bridgehead atoms. The number of benzene rings is 1. The average molecular weight is 319 g/mol. The van der Waals surface area contributed by atoms with Crippen LogP contribution in [0.5, 0.6) is 0 Å². The Morgan fingerprint density at radius 2 is 1.83 bits per heavy atom. The van der Waals surface area contributed by atoms with Crippen molar-refractivity contribution in [3.05, 3.63) is 35.4 Å². The zero-order chi connectivity index (χ0) is 17.4. The zero-order valence-electron chi connectivity index (χ0n) is 12.7. The van der Waals surface area contributed by atoms with E-state index in [2.05, 4.69) is 17.2 Å². The Hall–Kier alpha value is -2.89. The highest BCUT2D eigenvalue weighted by Gasteiger charge is 2.33. The molecule has 1 aromatic rings. The van der Waals surface area contributed by atoms with E-state index in [0.717, 1.165) is 4.90 Å². The van der Waals surface area contributed by atoms with Crippen LogP contribution in [-0.4, -0.2) is 59.7 Å². The molecule has 0 heterocycles. The molecule has 1 rings (SSSR count). The summed E-state index contributed by atoms with van der Waals surface area (Å²) in [7, 11) is 2.59. The molecular weight excluding hydrogens is 302 g/mol. The predicted molar refractivity (Wildman–Crippen MR) is 80.3 cm³/mol. The second kappa shape index (κ2) is 8.53. The lowest BCUT2D eigenvalue weighted by atomic mass is 10.1. The van der Waals surface area contributed by atoms with Crippen LogP contribution >= 0.6 is 0 Å². The lowest BCUT2D eigenvalue weighted by Crippen LogP contribution is -2.54. The molecule has 0 fully saturated rings. The maximum Gasteiger partial charge on any atom is 0.275 e. The van der Waals surface area contributed by atoms with Crippen LogP contribution in [0.2, 0.25) is 0 Å². The third-order valence-electron chi connectivity index (χ3n) is 3.00. The third-order valence-corrected chi connectivity index (χ3v) is 3.00. The van der Waals surface area contributed by atoms with Gasteiger partial charge in [-0.2, -0.15) is 0 Å². The topological polar surface area (TPSA) is 119 Å². The SMILES string of the molecule is CNC(=O)C(C(=O)NO)N(C)C(=O)c1ccc(C#CCO)cc1. The van der Waals surface area contributed by atoms with E-state index in [1.54, 1.807) is 12.1 Å². The van der Waals surface area contributed by atoms with Crippen molar-refractivity contribution < 1.29 is 24.7 Å². The summed E-state index contributed by atoms with van der Waals surface area (Å²) in [6.45, 7) is -0.270. The van der Waals surface area contributed by atoms with Crippen LogP contribution in [0.4, 0.5) is 0 Å². The van der Waals surface area contributed by atoms with Gasteiger partial charge in [0.05, 0.1) is 0 Å². The van der Waals surface area contributed by atoms with Crippen LogP contribution in [0.3, 0.4) is 0 Å². The first kappa shape index (κ1) is 18.2. The first-order valence-electron chi connectivity index (χ1n) is 6.58. The minimum absolute atomic E-state index is 0.238. The van der Waals surface area contributed by atoms with Crippen molar-refractivity contribution in [2.75, 3.05) is 20.7 Å². The molecule has 0 spiro atoms. The number of hydrogen-bond donors (Lipinski definition) is 4. The van der Waals surface area contributed by atoms with Crippen LogP contribution in [0, 0.1) is 11.8 Å². The molecule has 0 aliphatic heterocycles. The average Bonchev–Trinajstić information content (AvgIpc) is 2.59. The van der Waals surface area contributed by atoms with Crippen molar-refractivity contribution in [2.24, 2.45) is 0 Å². The Labute approximate surface area is 133 Å². The lowest BCUT2D eigenvalue weighted by Gasteiger charge is -2.25. The molecule has 4 N–H and O–H groups in total. The number of amides is 3. The zero-order valence-corrected chi connectivity index (χ0v) is 12.7. The van der Waals surface area contributed by atoms with Gasteiger partial charge in [-0.05, 0) is 24.3 Å². The summed E-state index contributed by atoms with van der Waals surface area (Å²) in [5.74, 6) is 2.82. The van der Waals surface area contributed by atoms with Crippen molar-refractivity contribution in [3.63, 3.8) is 0 Å². The Morgan fingerprint density at radius 3 is 2.30 bits per heavy atom. The van der Waals surface area contributed by atoms with Crippen molar-refractivity contribution in [2.45, 2.75) is 6.04 Å². The van der Waals surface area contributed by atoms with Crippen LogP contribution in [0.1, 0.15) is 15.9 Å². The molecule has 3 amide bonds. The fraction of sp³-hybridized carbons (Fsp3) is 0.267. The highest BCUT2D eigenvalue weighted by Crippen LogP contribution is 2.09. The number of carbonyl (C=O) groups excluding carboxylic acids is 3. The molecule has 1 aromatic carbocycles. The summed E-state index contributed by atoms with van der Waals surface area (Å²) >= 11 is 0. The lowest BCUT2D eigenvalue weighted by molar-refractivity contribution is -0.140. The molecule has 0 saturated carbocycles. The Kier molecular flexibility index (Phi) is 6.73. The number of rotatable bonds is 4. The van der Waals surface area contributed by atoms with E-state index in [9.17, 15) is 14.4 Å². The van der Waals surface area contributed by atoms with Gasteiger partial charge in [-0.15, -0.1) is 0 Å². The summed E-state index contributed by atoms with van der Waals surface area (Å²) in [4.78, 5) is 36.6. The number of likely N-dealkylation sites (N-methyl/N-ethyl adjacent to an activating group) is 2. The first-order valence-corrected chi connectivity index (χ1v) is 6.58. The molecule has 122 valence electrons. The fourth-order valence-corrected chi connectivity index (χ4v) is 1.83. The summed E-state index contributed by atoms with van der Waals surface area (Å²) in [6, 6.07) is 4.61. The van der Waals surface area contributed by atoms with E-state index in [1.165, 1.54) is 31.7 Å². The number of carbonyl (C=O) groups is 3. The standard InChI is InChI=1S/C15H17N3O5/c1-16-13(20)12(14(21)17-23)18(2)15(22)11-7-5-10(6-8-11)4-3-9-19/h5-8,12,19,23H,9H2,1-2H3,(H,16,20)(H,17,21). The molecule has 0 saturated heterocycles. The number of aliphatic hydroxyl groups is 1. The summed E-state index contributed by atoms with van der Waals surface area (Å²) in [6.07, 6.45) is 0. The molecule has 1 atom stereocenters. The van der Waals surface area contributed by atoms with Crippen molar-refractivity contribution in [1.82, 2.24) is 15.7 Å². The molecule has 8 heteroatoms. The van der Waals surface area contributed by atoms with Crippen molar-refractivity contribution in [3.8, 4) is 11.8 Å². The molecule has 0 radical (unpaired) electrons. The van der Waals surface area contributed by atoms with Gasteiger partial charge in [0, 0.05) is 25.2 Å². The van der Waals surface area contributed by atoms with Crippen LogP contribution in [0.25, 0.3) is 0 Å². The molecule has 1 unspecified atom stereocenters. The Morgan fingerprint density at radius 1 is 1.22 bits per heavy atom. The summed E-state index contributed by atoms with van der Waals surface area (Å²) in [5.41, 5.74) is 2.21. The number of nitrogens with one attached hydrogen (secondary N) is 2. The second-order valence-electron chi connectivity index (χ2n) is 4.45. The fourth-order valence-electron chi connectivity index (χ4n) is 1.83. The molecule has 23 heavy (non-hydrogen) atoms. The van der Waals surface area contributed by atoms with Gasteiger partial charge in [-0.1, -0.05) is 11.8 Å². The van der Waals surface area contributed by atoms with Gasteiger partial charge >= 0.3 is 0 Å². The molecule has 0 aliphatic carbocycles. The third kappa shape index (κ3) is 4.54. The van der Waals surface area contributed by atoms with Crippen LogP contribution in [-0.2, 0) is 9.59 Å². The Bertz CT molecular complexity index is 629. The quantitative estimate of drug-likeness (QED) is 0.239. The van der Waals surface area contributed by atoms with Gasteiger partial charge in [-0.25, -0.2) is 5.48 Å². The number of hydrogen-bond acceptors (Lipinski definition) is 5. The predicted octanol–water partition coefficient (Wildman–Crippen LogP) is -1.28. The number of aliphatic hydroxyl groups excluding tert-OH is 1. The van der Waals surface area contributed by atoms with E-state index in [0.29, 0.717) is 5.56 Å². The summed E-state index contributed by atoms with van der Waals surface area (Å²) in [5, 5.41) is 19.6. The molecule has 0 aromatic heterocycles. The van der Waals surface area contributed by atoms with E-state index in [-0.39, 0.29) is 12.2 Å². The van der Waals surface area contributed by atoms with Gasteiger partial charge < -0.3 is 15.3 Å². The largest absolute Gasteiger partial charge is 0.384 e. The van der Waals surface area contributed by atoms with Gasteiger partial charge in [0.2, 0.25) is 0 Å². The Balaban J connectivity index is 3.01. The first-order chi connectivity index (χ1) is 11.0. The number of nitrogens with zero attached hydrogens (tertiary/aromatic N) is 1. The normalized spacial score (nSPS) is 10.8. The highest BCUT2D eigenvalue weighted by molar-refractivity contribution is 6.08. The maximum absolute atomic E-state index is 12.4. The van der Waals surface area contributed by atoms with Crippen LogP contribution in [0.15, 0.2) is 24.3 Å². The van der Waals surface area contributed by atoms with Crippen molar-refractivity contribution in [1.29, 1.82) is 0 Å². The second-order valence-corrected chi connectivity index (χ2v) is 4.45. The minimum Gasteiger partial charge on any atom is -0.384 e. The van der Waals surface area contributed by atoms with Gasteiger partial charge in [0.15, 0.2) is 6.04 Å². The highest BCUT2D eigenvalue weighted by atomic mass is 16.5. The van der Waals surface area contributed by atoms with Crippen molar-refractivity contribution >= 4 is 17.7 Å². The van der Waals surface area contributed by atoms with Gasteiger partial charge in [0.25, 0.3) is 17.7 Å².